The molecule has 2 aliphatic heterocycles. The van der Waals surface area contributed by atoms with E-state index in [9.17, 15) is 9.59 Å². The van der Waals surface area contributed by atoms with Crippen LogP contribution >= 0.6 is 15.9 Å². The van der Waals surface area contributed by atoms with Crippen molar-refractivity contribution in [1.82, 2.24) is 0 Å². The number of carbonyl (C=O) groups is 2. The van der Waals surface area contributed by atoms with Gasteiger partial charge < -0.3 is 4.90 Å². The first-order valence-electron chi connectivity index (χ1n) is 11.0. The van der Waals surface area contributed by atoms with Gasteiger partial charge in [0.15, 0.2) is 0 Å². The molecule has 4 heteroatoms. The van der Waals surface area contributed by atoms with Crippen LogP contribution in [0.3, 0.4) is 0 Å². The molecule has 2 fully saturated rings. The van der Waals surface area contributed by atoms with E-state index < -0.39 is 5.41 Å². The first kappa shape index (κ1) is 20.0. The number of ketones is 2. The SMILES string of the molecule is CC1(C)CC(=O)C2(Cc3ccc(Br)cc3N3CCC(c4ccccc4)CC32)C(=O)C1. The predicted octanol–water partition coefficient (Wildman–Crippen LogP) is 5.70. The van der Waals surface area contributed by atoms with E-state index in [0.29, 0.717) is 25.2 Å². The van der Waals surface area contributed by atoms with E-state index in [0.717, 1.165) is 29.4 Å². The molecule has 2 atom stereocenters. The smallest absolute Gasteiger partial charge is 0.149 e. The number of fused-ring (bicyclic) bond motifs is 4. The molecule has 1 saturated carbocycles. The molecule has 5 rings (SSSR count). The van der Waals surface area contributed by atoms with Crippen LogP contribution in [0, 0.1) is 10.8 Å². The minimum absolute atomic E-state index is 0.0608. The summed E-state index contributed by atoms with van der Waals surface area (Å²) in [7, 11) is 0. The van der Waals surface area contributed by atoms with Gasteiger partial charge in [0.25, 0.3) is 0 Å². The highest BCUT2D eigenvalue weighted by molar-refractivity contribution is 9.10. The van der Waals surface area contributed by atoms with Gasteiger partial charge in [-0.2, -0.15) is 0 Å². The lowest BCUT2D eigenvalue weighted by molar-refractivity contribution is -0.151. The Bertz CT molecular complexity index is 993. The minimum atomic E-state index is -0.899. The molecule has 2 unspecified atom stereocenters. The summed E-state index contributed by atoms with van der Waals surface area (Å²) in [5.41, 5.74) is 2.51. The zero-order valence-electron chi connectivity index (χ0n) is 17.7. The van der Waals surface area contributed by atoms with E-state index in [1.54, 1.807) is 0 Å². The van der Waals surface area contributed by atoms with Gasteiger partial charge in [-0.15, -0.1) is 0 Å². The van der Waals surface area contributed by atoms with Crippen molar-refractivity contribution in [3.63, 3.8) is 0 Å². The Hall–Kier alpha value is -1.94. The van der Waals surface area contributed by atoms with Gasteiger partial charge in [0.05, 0.1) is 0 Å². The van der Waals surface area contributed by atoms with Crippen LogP contribution in [0.15, 0.2) is 53.0 Å². The van der Waals surface area contributed by atoms with Gasteiger partial charge in [-0.25, -0.2) is 0 Å². The van der Waals surface area contributed by atoms with E-state index in [2.05, 4.69) is 71.1 Å². The number of rotatable bonds is 1. The lowest BCUT2D eigenvalue weighted by atomic mass is 9.55. The van der Waals surface area contributed by atoms with Crippen molar-refractivity contribution in [3.05, 3.63) is 64.1 Å². The molecule has 0 radical (unpaired) electrons. The third-order valence-electron chi connectivity index (χ3n) is 7.54. The van der Waals surface area contributed by atoms with Crippen molar-refractivity contribution in [1.29, 1.82) is 0 Å². The van der Waals surface area contributed by atoms with Gasteiger partial charge in [-0.05, 0) is 53.9 Å². The largest absolute Gasteiger partial charge is 0.367 e. The summed E-state index contributed by atoms with van der Waals surface area (Å²) in [6.45, 7) is 4.98. The van der Waals surface area contributed by atoms with E-state index in [4.69, 9.17) is 0 Å². The molecule has 2 aromatic rings. The molecule has 0 bridgehead atoms. The average molecular weight is 466 g/mol. The third kappa shape index (κ3) is 3.07. The number of anilines is 1. The standard InChI is InChI=1S/C26H28BrNO2/c1-25(2)15-23(29)26(24(30)16-25)14-19-8-9-20(27)13-21(19)28-11-10-18(12-22(26)28)17-6-4-3-5-7-17/h3-9,13,18,22H,10-12,14-16H2,1-2H3. The quantitative estimate of drug-likeness (QED) is 0.506. The van der Waals surface area contributed by atoms with Crippen LogP contribution < -0.4 is 4.90 Å². The van der Waals surface area contributed by atoms with Crippen molar-refractivity contribution in [2.75, 3.05) is 11.4 Å². The van der Waals surface area contributed by atoms with Gasteiger partial charge in [-0.1, -0.05) is 66.2 Å². The zero-order chi connectivity index (χ0) is 21.1. The second-order valence-electron chi connectivity index (χ2n) is 10.1. The van der Waals surface area contributed by atoms with E-state index in [1.807, 2.05) is 12.1 Å². The first-order valence-corrected chi connectivity index (χ1v) is 11.8. The topological polar surface area (TPSA) is 37.4 Å². The van der Waals surface area contributed by atoms with Crippen LogP contribution in [-0.4, -0.2) is 24.2 Å². The molecule has 2 heterocycles. The number of benzene rings is 2. The highest BCUT2D eigenvalue weighted by Crippen LogP contribution is 2.54. The Balaban J connectivity index is 1.62. The van der Waals surface area contributed by atoms with Gasteiger partial charge in [-0.3, -0.25) is 9.59 Å². The number of hydrogen-bond donors (Lipinski definition) is 0. The van der Waals surface area contributed by atoms with Crippen LogP contribution in [-0.2, 0) is 16.0 Å². The highest BCUT2D eigenvalue weighted by atomic mass is 79.9. The predicted molar refractivity (Wildman–Crippen MR) is 123 cm³/mol. The Kier molecular flexibility index (Phi) is 4.70. The summed E-state index contributed by atoms with van der Waals surface area (Å²) >= 11 is 3.62. The molecule has 3 nitrogen and oxygen atoms in total. The van der Waals surface area contributed by atoms with Crippen molar-refractivity contribution < 1.29 is 9.59 Å². The molecule has 0 N–H and O–H groups in total. The molecule has 1 saturated heterocycles. The number of carbonyl (C=O) groups excluding carboxylic acids is 2. The molecule has 1 spiro atoms. The molecular weight excluding hydrogens is 438 g/mol. The summed E-state index contributed by atoms with van der Waals surface area (Å²) < 4.78 is 1.04. The van der Waals surface area contributed by atoms with Crippen LogP contribution in [0.4, 0.5) is 5.69 Å². The van der Waals surface area contributed by atoms with Crippen molar-refractivity contribution in [2.45, 2.75) is 57.9 Å². The van der Waals surface area contributed by atoms with E-state index >= 15 is 0 Å². The first-order chi connectivity index (χ1) is 14.3. The number of halogens is 1. The average Bonchev–Trinajstić information content (AvgIpc) is 2.72. The normalized spacial score (nSPS) is 27.0. The Morgan fingerprint density at radius 2 is 1.67 bits per heavy atom. The summed E-state index contributed by atoms with van der Waals surface area (Å²) in [5.74, 6) is 0.690. The lowest BCUT2D eigenvalue weighted by Gasteiger charge is -2.56. The fourth-order valence-electron chi connectivity index (χ4n) is 6.09. The molecule has 2 aromatic carbocycles. The third-order valence-corrected chi connectivity index (χ3v) is 8.03. The Labute approximate surface area is 187 Å². The Morgan fingerprint density at radius 1 is 0.967 bits per heavy atom. The molecule has 0 amide bonds. The summed E-state index contributed by atoms with van der Waals surface area (Å²) in [4.78, 5) is 29.8. The van der Waals surface area contributed by atoms with Gasteiger partial charge >= 0.3 is 0 Å². The van der Waals surface area contributed by atoms with Gasteiger partial charge in [0.1, 0.15) is 17.0 Å². The van der Waals surface area contributed by atoms with Crippen molar-refractivity contribution in [3.8, 4) is 0 Å². The molecule has 3 aliphatic rings. The van der Waals surface area contributed by atoms with Crippen LogP contribution in [0.1, 0.15) is 56.6 Å². The second-order valence-corrected chi connectivity index (χ2v) is 11.0. The van der Waals surface area contributed by atoms with E-state index in [-0.39, 0.29) is 23.0 Å². The molecule has 1 aliphatic carbocycles. The number of piperidine rings is 1. The molecule has 30 heavy (non-hydrogen) atoms. The highest BCUT2D eigenvalue weighted by Gasteiger charge is 2.60. The summed E-state index contributed by atoms with van der Waals surface area (Å²) in [5, 5.41) is 0. The van der Waals surface area contributed by atoms with Crippen LogP contribution in [0.5, 0.6) is 0 Å². The monoisotopic (exact) mass is 465 g/mol. The second kappa shape index (κ2) is 7.05. The Morgan fingerprint density at radius 3 is 2.37 bits per heavy atom. The maximum atomic E-state index is 13.7. The molecule has 0 aromatic heterocycles. The fourth-order valence-corrected chi connectivity index (χ4v) is 6.44. The maximum Gasteiger partial charge on any atom is 0.149 e. The maximum absolute atomic E-state index is 13.7. The van der Waals surface area contributed by atoms with Crippen LogP contribution in [0.2, 0.25) is 0 Å². The van der Waals surface area contributed by atoms with Crippen molar-refractivity contribution in [2.24, 2.45) is 10.8 Å². The van der Waals surface area contributed by atoms with Crippen molar-refractivity contribution >= 4 is 33.2 Å². The number of Topliss-reactive ketones (excluding diaryl/α,β-unsaturated/α-hetero) is 2. The number of hydrogen-bond acceptors (Lipinski definition) is 3. The molecule has 156 valence electrons. The zero-order valence-corrected chi connectivity index (χ0v) is 19.2. The summed E-state index contributed by atoms with van der Waals surface area (Å²) in [6.07, 6.45) is 3.42. The van der Waals surface area contributed by atoms with E-state index in [1.165, 1.54) is 11.3 Å². The van der Waals surface area contributed by atoms with Crippen LogP contribution in [0.25, 0.3) is 0 Å². The number of nitrogens with zero attached hydrogens (tertiary/aromatic N) is 1. The minimum Gasteiger partial charge on any atom is -0.367 e. The van der Waals surface area contributed by atoms with Gasteiger partial charge in [0, 0.05) is 35.6 Å². The lowest BCUT2D eigenvalue weighted by Crippen LogP contribution is -2.65. The summed E-state index contributed by atoms with van der Waals surface area (Å²) in [6, 6.07) is 16.8. The molecular formula is C26H28BrNO2. The van der Waals surface area contributed by atoms with Gasteiger partial charge in [0.2, 0.25) is 0 Å². The fraction of sp³-hybridized carbons (Fsp3) is 0.462.